The molecule has 5 heteroatoms. The molecule has 282 valence electrons. The number of aryl methyl sites for hydroxylation is 12. The maximum absolute atomic E-state index is 3.78. The molecule has 3 heterocycles. The van der Waals surface area contributed by atoms with E-state index in [9.17, 15) is 0 Å². The maximum atomic E-state index is 3.78. The zero-order chi connectivity index (χ0) is 40.7. The van der Waals surface area contributed by atoms with E-state index in [2.05, 4.69) is 191 Å². The topological polar surface area (TPSA) is 0 Å². The van der Waals surface area contributed by atoms with Gasteiger partial charge in [-0.3, -0.25) is 0 Å². The van der Waals surface area contributed by atoms with Crippen molar-refractivity contribution in [1.29, 1.82) is 0 Å². The highest BCUT2D eigenvalue weighted by atomic mass is 32.1. The molecule has 0 aliphatic heterocycles. The molecule has 0 radical (unpaired) electrons. The summed E-state index contributed by atoms with van der Waals surface area (Å²) in [5, 5.41) is 0. The molecule has 3 aromatic heterocycles. The Bertz CT molecular complexity index is 2400. The summed E-state index contributed by atoms with van der Waals surface area (Å²) >= 11 is 5.42. The van der Waals surface area contributed by atoms with Crippen LogP contribution in [-0.4, -0.2) is 13.4 Å². The third-order valence-electron chi connectivity index (χ3n) is 11.1. The van der Waals surface area contributed by atoms with Gasteiger partial charge >= 0.3 is 0 Å². The Morgan fingerprint density at radius 1 is 0.316 bits per heavy atom. The van der Waals surface area contributed by atoms with Gasteiger partial charge < -0.3 is 0 Å². The fourth-order valence-electron chi connectivity index (χ4n) is 9.13. The van der Waals surface area contributed by atoms with Crippen LogP contribution in [0.4, 0.5) is 0 Å². The van der Waals surface area contributed by atoms with Crippen LogP contribution < -0.4 is 21.9 Å². The van der Waals surface area contributed by atoms with Gasteiger partial charge in [-0.15, -0.1) is 45.6 Å². The van der Waals surface area contributed by atoms with Gasteiger partial charge in [0.2, 0.25) is 0 Å². The van der Waals surface area contributed by atoms with Crippen molar-refractivity contribution in [3.63, 3.8) is 0 Å². The van der Waals surface area contributed by atoms with Gasteiger partial charge in [0.15, 0.2) is 0 Å². The molecule has 0 spiro atoms. The van der Waals surface area contributed by atoms with Crippen molar-refractivity contribution in [1.82, 2.24) is 0 Å². The van der Waals surface area contributed by atoms with Crippen LogP contribution in [0.5, 0.6) is 0 Å². The van der Waals surface area contributed by atoms with Crippen molar-refractivity contribution < 1.29 is 0 Å². The average molecular weight is 793 g/mol. The normalized spacial score (nSPS) is 10.9. The fraction of sp³-hybridized carbons (Fsp3) is 0.231. The van der Waals surface area contributed by atoms with Crippen LogP contribution in [0.15, 0.2) is 84.9 Å². The molecule has 0 atom stereocenters. The van der Waals surface area contributed by atoms with E-state index in [0.29, 0.717) is 0 Å². The van der Waals surface area contributed by atoms with Crippen LogP contribution in [0.2, 0.25) is 0 Å². The van der Waals surface area contributed by atoms with Gasteiger partial charge in [0.1, 0.15) is 0 Å². The van der Waals surface area contributed by atoms with E-state index in [1.54, 1.807) is 22.7 Å². The lowest BCUT2D eigenvalue weighted by Crippen LogP contribution is -2.46. The molecule has 7 aromatic rings. The molecule has 0 unspecified atom stereocenters. The van der Waals surface area contributed by atoms with E-state index in [1.165, 1.54) is 108 Å². The Labute approximate surface area is 354 Å². The summed E-state index contributed by atoms with van der Waals surface area (Å²) in [4.78, 5) is 7.24. The van der Waals surface area contributed by atoms with E-state index in [4.69, 9.17) is 0 Å². The van der Waals surface area contributed by atoms with Crippen LogP contribution in [0.25, 0.3) is 19.5 Å². The molecule has 0 aliphatic rings. The van der Waals surface area contributed by atoms with Crippen molar-refractivity contribution in [3.05, 3.63) is 161 Å². The summed E-state index contributed by atoms with van der Waals surface area (Å²) < 4.78 is 0. The maximum Gasteiger partial charge on any atom is 0.297 e. The molecular weight excluding hydrogens is 742 g/mol. The Morgan fingerprint density at radius 3 is 0.807 bits per heavy atom. The van der Waals surface area contributed by atoms with Crippen LogP contribution >= 0.6 is 34.0 Å². The van der Waals surface area contributed by atoms with E-state index in [1.807, 2.05) is 11.3 Å². The third kappa shape index (κ3) is 8.59. The summed E-state index contributed by atoms with van der Waals surface area (Å²) in [6.45, 7) is 26.6. The molecule has 0 N–H and O–H groups in total. The Kier molecular flexibility index (Phi) is 11.8. The first-order valence-electron chi connectivity index (χ1n) is 19.8. The highest BCUT2D eigenvalue weighted by Crippen LogP contribution is 2.39. The summed E-state index contributed by atoms with van der Waals surface area (Å²) in [5.74, 6) is 14.8. The van der Waals surface area contributed by atoms with Gasteiger partial charge in [-0.05, 0) is 119 Å². The molecule has 57 heavy (non-hydrogen) atoms. The minimum absolute atomic E-state index is 0.00590. The highest BCUT2D eigenvalue weighted by Gasteiger charge is 2.27. The fourth-order valence-corrected chi connectivity index (χ4v) is 12.0. The summed E-state index contributed by atoms with van der Waals surface area (Å²) in [6.07, 6.45) is 0. The Morgan fingerprint density at radius 2 is 0.544 bits per heavy atom. The van der Waals surface area contributed by atoms with Crippen molar-refractivity contribution in [2.24, 2.45) is 0 Å². The van der Waals surface area contributed by atoms with E-state index < -0.39 is 0 Å². The average Bonchev–Trinajstić information content (AvgIpc) is 3.89. The van der Waals surface area contributed by atoms with Crippen LogP contribution in [0.1, 0.15) is 76.5 Å². The lowest BCUT2D eigenvalue weighted by Gasteiger charge is -2.20. The third-order valence-corrected chi connectivity index (χ3v) is 14.6. The first kappa shape index (κ1) is 40.4. The molecule has 0 aliphatic carbocycles. The molecular formula is C52H50B2S3. The minimum atomic E-state index is 0.00590. The molecule has 0 saturated heterocycles. The Hall–Kier alpha value is -4.77. The monoisotopic (exact) mass is 792 g/mol. The molecule has 0 saturated carbocycles. The summed E-state index contributed by atoms with van der Waals surface area (Å²) in [7, 11) is 0. The van der Waals surface area contributed by atoms with Gasteiger partial charge in [0.25, 0.3) is 13.4 Å². The van der Waals surface area contributed by atoms with E-state index in [-0.39, 0.29) is 13.4 Å². The van der Waals surface area contributed by atoms with Gasteiger partial charge in [-0.2, -0.15) is 0 Å². The molecule has 7 rings (SSSR count). The molecule has 0 bridgehead atoms. The Balaban J connectivity index is 1.17. The van der Waals surface area contributed by atoms with Gasteiger partial charge in [0.05, 0.1) is 9.75 Å². The quantitative estimate of drug-likeness (QED) is 0.116. The molecule has 0 amide bonds. The van der Waals surface area contributed by atoms with Crippen molar-refractivity contribution in [2.45, 2.75) is 83.1 Å². The van der Waals surface area contributed by atoms with Crippen molar-refractivity contribution >= 4 is 69.3 Å². The lowest BCUT2D eigenvalue weighted by atomic mass is 9.38. The van der Waals surface area contributed by atoms with Gasteiger partial charge in [-0.1, -0.05) is 149 Å². The van der Waals surface area contributed by atoms with E-state index in [0.717, 1.165) is 9.75 Å². The van der Waals surface area contributed by atoms with Crippen LogP contribution in [0, 0.1) is 107 Å². The second kappa shape index (κ2) is 16.6. The molecule has 4 aromatic carbocycles. The largest absolute Gasteiger partial charge is 0.297 e. The zero-order valence-corrected chi connectivity index (χ0v) is 37.9. The first-order chi connectivity index (χ1) is 27.2. The van der Waals surface area contributed by atoms with Crippen molar-refractivity contribution in [3.8, 4) is 43.0 Å². The highest BCUT2D eigenvalue weighted by molar-refractivity contribution is 7.26. The standard InChI is InChI=1S/C52H50B2S3/c1-31-23-35(5)49(36(6)24-31)53(50-37(7)25-32(2)26-38(50)8)21-19-43-13-15-45(55-43)47-17-18-48(57-47)46-16-14-44(56-46)20-22-54(51-39(9)27-33(3)28-40(51)10)52-41(11)29-34(4)30-42(52)12/h13-18,23-30H,1-12H3. The second-order valence-corrected chi connectivity index (χ2v) is 19.4. The predicted octanol–water partition coefficient (Wildman–Crippen LogP) is 11.3. The van der Waals surface area contributed by atoms with Gasteiger partial charge in [-0.25, -0.2) is 0 Å². The lowest BCUT2D eigenvalue weighted by molar-refractivity contribution is 1.34. The SMILES string of the molecule is Cc1cc(C)c(B(C#Cc2ccc(-c3ccc(-c4ccc(C#CB(c5c(C)cc(C)cc5C)c5c(C)cc(C)cc5C)s4)s3)s2)c2c(C)cc(C)cc2C)c(C)c1. The number of hydrogen-bond donors (Lipinski definition) is 0. The van der Waals surface area contributed by atoms with E-state index >= 15 is 0 Å². The van der Waals surface area contributed by atoms with Crippen LogP contribution in [0.3, 0.4) is 0 Å². The smallest absolute Gasteiger partial charge is 0.136 e. The van der Waals surface area contributed by atoms with Gasteiger partial charge in [0, 0.05) is 19.5 Å². The van der Waals surface area contributed by atoms with Crippen molar-refractivity contribution in [2.75, 3.05) is 0 Å². The summed E-state index contributed by atoms with van der Waals surface area (Å²) in [6, 6.07) is 31.8. The molecule has 0 fully saturated rings. The first-order valence-corrected chi connectivity index (χ1v) is 22.3. The molecule has 0 nitrogen and oxygen atoms in total. The number of thiophene rings is 3. The second-order valence-electron chi connectivity index (χ2n) is 16.1. The number of rotatable bonds is 6. The number of hydrogen-bond acceptors (Lipinski definition) is 3. The summed E-state index contributed by atoms with van der Waals surface area (Å²) in [5.41, 5.74) is 20.9. The predicted molar refractivity (Wildman–Crippen MR) is 257 cm³/mol. The zero-order valence-electron chi connectivity index (χ0n) is 35.5. The van der Waals surface area contributed by atoms with Crippen LogP contribution in [-0.2, 0) is 0 Å². The number of benzene rings is 4. The minimum Gasteiger partial charge on any atom is -0.136 e.